The van der Waals surface area contributed by atoms with Gasteiger partial charge in [-0.05, 0) is 6.07 Å². The Kier molecular flexibility index (Phi) is 2.68. The summed E-state index contributed by atoms with van der Waals surface area (Å²) in [5, 5.41) is 8.82. The van der Waals surface area contributed by atoms with Crippen LogP contribution >= 0.6 is 34.5 Å². The van der Waals surface area contributed by atoms with Crippen LogP contribution in [0.3, 0.4) is 0 Å². The highest BCUT2D eigenvalue weighted by atomic mass is 35.5. The molecule has 0 unspecified atom stereocenters. The van der Waals surface area contributed by atoms with Crippen molar-refractivity contribution in [2.45, 2.75) is 0 Å². The van der Waals surface area contributed by atoms with Gasteiger partial charge < -0.3 is 9.52 Å². The maximum atomic E-state index is 10.8. The molecule has 4 nitrogen and oxygen atoms in total. The summed E-state index contributed by atoms with van der Waals surface area (Å²) < 4.78 is 5.81. The molecule has 2 rings (SSSR count). The van der Waals surface area contributed by atoms with Gasteiger partial charge in [-0.1, -0.05) is 23.2 Å². The van der Waals surface area contributed by atoms with Gasteiger partial charge >= 0.3 is 5.97 Å². The van der Waals surface area contributed by atoms with Gasteiger partial charge in [-0.25, -0.2) is 9.78 Å². The van der Waals surface area contributed by atoms with Crippen molar-refractivity contribution >= 4 is 40.5 Å². The molecule has 7 heteroatoms. The van der Waals surface area contributed by atoms with Crippen molar-refractivity contribution < 1.29 is 14.3 Å². The van der Waals surface area contributed by atoms with Gasteiger partial charge in [0.2, 0.25) is 0 Å². The monoisotopic (exact) mass is 263 g/mol. The first-order chi connectivity index (χ1) is 7.09. The fourth-order valence-corrected chi connectivity index (χ4v) is 2.54. The van der Waals surface area contributed by atoms with Crippen molar-refractivity contribution in [2.75, 3.05) is 0 Å². The van der Waals surface area contributed by atoms with Crippen LogP contribution in [-0.2, 0) is 0 Å². The zero-order valence-corrected chi connectivity index (χ0v) is 9.36. The predicted octanol–water partition coefficient (Wildman–Crippen LogP) is 3.41. The number of halogens is 2. The van der Waals surface area contributed by atoms with Crippen molar-refractivity contribution in [2.24, 2.45) is 0 Å². The van der Waals surface area contributed by atoms with Crippen LogP contribution in [-0.4, -0.2) is 16.1 Å². The number of rotatable bonds is 2. The number of carbonyl (C=O) groups is 1. The van der Waals surface area contributed by atoms with E-state index in [1.807, 2.05) is 0 Å². The maximum Gasteiger partial charge on any atom is 0.358 e. The average molecular weight is 264 g/mol. The lowest BCUT2D eigenvalue weighted by Gasteiger charge is -1.93. The number of hydrogen-bond donors (Lipinski definition) is 1. The first kappa shape index (κ1) is 10.5. The summed E-state index contributed by atoms with van der Waals surface area (Å²) in [6.45, 7) is 0. The first-order valence-electron chi connectivity index (χ1n) is 3.71. The highest BCUT2D eigenvalue weighted by molar-refractivity contribution is 7.20. The Hall–Kier alpha value is -1.04. The van der Waals surface area contributed by atoms with Crippen LogP contribution in [0.2, 0.25) is 8.67 Å². The van der Waals surface area contributed by atoms with Crippen molar-refractivity contribution in [3.8, 4) is 11.3 Å². The fourth-order valence-electron chi connectivity index (χ4n) is 1.08. The molecule has 0 aliphatic carbocycles. The molecule has 0 spiro atoms. The van der Waals surface area contributed by atoms with Gasteiger partial charge in [-0.3, -0.25) is 0 Å². The van der Waals surface area contributed by atoms with E-state index in [1.165, 1.54) is 0 Å². The normalized spacial score (nSPS) is 10.5. The highest BCUT2D eigenvalue weighted by Gasteiger charge is 2.21. The van der Waals surface area contributed by atoms with Crippen molar-refractivity contribution in [1.82, 2.24) is 4.98 Å². The SMILES string of the molecule is O=C(O)c1ncoc1-c1cc(Cl)sc1Cl. The molecular formula is C8H3Cl2NO3S. The maximum absolute atomic E-state index is 10.8. The Morgan fingerprint density at radius 2 is 2.27 bits per heavy atom. The summed E-state index contributed by atoms with van der Waals surface area (Å²) in [7, 11) is 0. The summed E-state index contributed by atoms with van der Waals surface area (Å²) in [5.41, 5.74) is 0.271. The Bertz CT molecular complexity index is 520. The lowest BCUT2D eigenvalue weighted by molar-refractivity contribution is 0.0691. The van der Waals surface area contributed by atoms with Crippen molar-refractivity contribution in [3.63, 3.8) is 0 Å². The lowest BCUT2D eigenvalue weighted by Crippen LogP contribution is -1.98. The van der Waals surface area contributed by atoms with E-state index in [2.05, 4.69) is 4.98 Å². The molecule has 1 N–H and O–H groups in total. The van der Waals surface area contributed by atoms with Gasteiger partial charge in [-0.15, -0.1) is 11.3 Å². The second kappa shape index (κ2) is 3.84. The molecule has 2 aromatic rings. The molecule has 0 aliphatic rings. The van der Waals surface area contributed by atoms with E-state index in [9.17, 15) is 4.79 Å². The molecule has 15 heavy (non-hydrogen) atoms. The Morgan fingerprint density at radius 3 is 2.80 bits per heavy atom. The number of oxazole rings is 1. The topological polar surface area (TPSA) is 63.3 Å². The summed E-state index contributed by atoms with van der Waals surface area (Å²) >= 11 is 12.7. The molecule has 0 atom stereocenters. The van der Waals surface area contributed by atoms with Crippen LogP contribution in [0.1, 0.15) is 10.5 Å². The molecular weight excluding hydrogens is 261 g/mol. The summed E-state index contributed by atoms with van der Waals surface area (Å²) in [5.74, 6) is -1.05. The molecule has 0 aliphatic heterocycles. The van der Waals surface area contributed by atoms with Crippen LogP contribution in [0.15, 0.2) is 16.9 Å². The smallest absolute Gasteiger partial charge is 0.358 e. The van der Waals surface area contributed by atoms with Crippen LogP contribution in [0.4, 0.5) is 0 Å². The van der Waals surface area contributed by atoms with Crippen LogP contribution in [0.5, 0.6) is 0 Å². The number of hydrogen-bond acceptors (Lipinski definition) is 4. The van der Waals surface area contributed by atoms with Gasteiger partial charge in [0.05, 0.1) is 9.90 Å². The number of carboxylic acid groups (broad SMARTS) is 1. The number of carboxylic acids is 1. The van der Waals surface area contributed by atoms with E-state index in [1.54, 1.807) is 6.07 Å². The third-order valence-corrected chi connectivity index (χ3v) is 3.16. The molecule has 78 valence electrons. The minimum atomic E-state index is -1.17. The standard InChI is InChI=1S/C8H3Cl2NO3S/c9-4-1-3(7(10)15-4)6-5(8(12)13)11-2-14-6/h1-2H,(H,12,13). The molecule has 0 fully saturated rings. The number of nitrogens with zero attached hydrogens (tertiary/aromatic N) is 1. The molecule has 0 saturated carbocycles. The minimum Gasteiger partial charge on any atom is -0.476 e. The second-order valence-electron chi connectivity index (χ2n) is 2.57. The first-order valence-corrected chi connectivity index (χ1v) is 5.29. The van der Waals surface area contributed by atoms with E-state index in [0.717, 1.165) is 17.7 Å². The molecule has 0 bridgehead atoms. The van der Waals surface area contributed by atoms with E-state index in [-0.39, 0.29) is 11.5 Å². The van der Waals surface area contributed by atoms with Gasteiger partial charge in [0.1, 0.15) is 4.34 Å². The fraction of sp³-hybridized carbons (Fsp3) is 0. The third-order valence-electron chi connectivity index (χ3n) is 1.67. The minimum absolute atomic E-state index is 0.121. The Morgan fingerprint density at radius 1 is 1.53 bits per heavy atom. The quantitative estimate of drug-likeness (QED) is 0.902. The van der Waals surface area contributed by atoms with E-state index < -0.39 is 5.97 Å². The van der Waals surface area contributed by atoms with Gasteiger partial charge in [0.15, 0.2) is 17.8 Å². The summed E-state index contributed by atoms with van der Waals surface area (Å²) in [4.78, 5) is 14.4. The molecule has 2 heterocycles. The molecule has 0 radical (unpaired) electrons. The van der Waals surface area contributed by atoms with Gasteiger partial charge in [-0.2, -0.15) is 0 Å². The molecule has 0 aromatic carbocycles. The number of aromatic nitrogens is 1. The number of aromatic carboxylic acids is 1. The van der Waals surface area contributed by atoms with Crippen molar-refractivity contribution in [3.05, 3.63) is 26.8 Å². The van der Waals surface area contributed by atoms with E-state index in [0.29, 0.717) is 14.2 Å². The zero-order valence-electron chi connectivity index (χ0n) is 7.03. The lowest BCUT2D eigenvalue weighted by atomic mass is 10.2. The van der Waals surface area contributed by atoms with Crippen LogP contribution in [0, 0.1) is 0 Å². The Labute approximate surface area is 98.1 Å². The van der Waals surface area contributed by atoms with E-state index in [4.69, 9.17) is 32.7 Å². The van der Waals surface area contributed by atoms with Gasteiger partial charge in [0.25, 0.3) is 0 Å². The summed E-state index contributed by atoms with van der Waals surface area (Å²) in [6, 6.07) is 1.54. The second-order valence-corrected chi connectivity index (χ2v) is 4.86. The van der Waals surface area contributed by atoms with Crippen LogP contribution < -0.4 is 0 Å². The van der Waals surface area contributed by atoms with E-state index >= 15 is 0 Å². The van der Waals surface area contributed by atoms with Crippen LogP contribution in [0.25, 0.3) is 11.3 Å². The largest absolute Gasteiger partial charge is 0.476 e. The van der Waals surface area contributed by atoms with Gasteiger partial charge in [0, 0.05) is 0 Å². The van der Waals surface area contributed by atoms with Crippen molar-refractivity contribution in [1.29, 1.82) is 0 Å². The zero-order chi connectivity index (χ0) is 11.0. The predicted molar refractivity (Wildman–Crippen MR) is 56.8 cm³/mol. The molecule has 2 aromatic heterocycles. The third kappa shape index (κ3) is 1.86. The average Bonchev–Trinajstić information content (AvgIpc) is 2.71. The Balaban J connectivity index is 2.58. The summed E-state index contributed by atoms with van der Waals surface area (Å²) in [6.07, 6.45) is 1.06. The highest BCUT2D eigenvalue weighted by Crippen LogP contribution is 2.39. The molecule has 0 saturated heterocycles. The molecule has 0 amide bonds. The number of thiophene rings is 1.